The first-order valence-electron chi connectivity index (χ1n) is 10.0. The molecule has 0 fully saturated rings. The van der Waals surface area contributed by atoms with E-state index in [2.05, 4.69) is 26.1 Å². The number of thioether (sulfide) groups is 1. The molecule has 5 nitrogen and oxygen atoms in total. The Morgan fingerprint density at radius 1 is 1.18 bits per heavy atom. The van der Waals surface area contributed by atoms with Gasteiger partial charge in [0.15, 0.2) is 5.16 Å². The maximum absolute atomic E-state index is 13.2. The lowest BCUT2D eigenvalue weighted by atomic mass is 10.0. The van der Waals surface area contributed by atoms with Gasteiger partial charge in [0, 0.05) is 11.6 Å². The number of benzene rings is 1. The summed E-state index contributed by atoms with van der Waals surface area (Å²) >= 11 is 1.33. The summed E-state index contributed by atoms with van der Waals surface area (Å²) in [7, 11) is 0. The van der Waals surface area contributed by atoms with Crippen LogP contribution in [0.15, 0.2) is 34.2 Å². The molecule has 0 saturated heterocycles. The number of rotatable bonds is 8. The van der Waals surface area contributed by atoms with Crippen LogP contribution in [0.4, 0.5) is 0 Å². The highest BCUT2D eigenvalue weighted by molar-refractivity contribution is 7.99. The lowest BCUT2D eigenvalue weighted by Crippen LogP contribution is -2.41. The van der Waals surface area contributed by atoms with Crippen LogP contribution in [-0.4, -0.2) is 26.8 Å². The van der Waals surface area contributed by atoms with Crippen LogP contribution in [0, 0.1) is 5.92 Å². The van der Waals surface area contributed by atoms with Gasteiger partial charge in [-0.05, 0) is 52.2 Å². The van der Waals surface area contributed by atoms with Crippen molar-refractivity contribution < 1.29 is 4.79 Å². The monoisotopic (exact) mass is 403 g/mol. The molecule has 2 rings (SSSR count). The molecule has 1 heterocycles. The predicted molar refractivity (Wildman–Crippen MR) is 118 cm³/mol. The van der Waals surface area contributed by atoms with Gasteiger partial charge in [-0.15, -0.1) is 0 Å². The second-order valence-corrected chi connectivity index (χ2v) is 9.79. The van der Waals surface area contributed by atoms with Gasteiger partial charge in [-0.1, -0.05) is 50.6 Å². The van der Waals surface area contributed by atoms with E-state index >= 15 is 0 Å². The van der Waals surface area contributed by atoms with Crippen LogP contribution in [0.25, 0.3) is 10.9 Å². The number of fused-ring (bicyclic) bond motifs is 1. The largest absolute Gasteiger partial charge is 0.351 e. The minimum Gasteiger partial charge on any atom is -0.351 e. The molecule has 1 amide bonds. The van der Waals surface area contributed by atoms with E-state index in [1.807, 2.05) is 45.0 Å². The minimum atomic E-state index is -0.280. The number of aromatic nitrogens is 2. The smallest absolute Gasteiger partial charge is 0.262 e. The van der Waals surface area contributed by atoms with Crippen molar-refractivity contribution in [3.63, 3.8) is 0 Å². The quantitative estimate of drug-likeness (QED) is 0.508. The fraction of sp³-hybridized carbons (Fsp3) is 0.591. The van der Waals surface area contributed by atoms with Gasteiger partial charge >= 0.3 is 0 Å². The fourth-order valence-corrected chi connectivity index (χ4v) is 4.05. The number of nitrogens with one attached hydrogen (secondary N) is 1. The molecule has 2 aromatic rings. The molecule has 0 aliphatic rings. The molecular weight excluding hydrogens is 370 g/mol. The van der Waals surface area contributed by atoms with Crippen molar-refractivity contribution in [2.24, 2.45) is 5.92 Å². The molecule has 0 aliphatic heterocycles. The molecular formula is C22H33N3O2S. The first kappa shape index (κ1) is 22.5. The summed E-state index contributed by atoms with van der Waals surface area (Å²) in [6, 6.07) is 7.46. The van der Waals surface area contributed by atoms with Gasteiger partial charge in [0.25, 0.3) is 5.56 Å². The fourth-order valence-electron chi connectivity index (χ4n) is 3.15. The Bertz CT molecular complexity index is 868. The summed E-state index contributed by atoms with van der Waals surface area (Å²) in [6.45, 7) is 12.4. The van der Waals surface area contributed by atoms with E-state index in [0.717, 1.165) is 19.3 Å². The summed E-state index contributed by atoms with van der Waals surface area (Å²) in [5.74, 6) is 0.827. The molecule has 0 bridgehead atoms. The standard InChI is InChI=1S/C22H33N3O2S/c1-15(2)10-9-11-16(3)25-20(27)17-12-7-8-13-18(17)23-21(25)28-14-19(26)24-22(4,5)6/h7-8,12-13,15-16H,9-11,14H2,1-6H3,(H,24,26). The van der Waals surface area contributed by atoms with E-state index in [-0.39, 0.29) is 28.8 Å². The third kappa shape index (κ3) is 6.36. The molecule has 0 saturated carbocycles. The van der Waals surface area contributed by atoms with E-state index in [0.29, 0.717) is 22.0 Å². The molecule has 0 aliphatic carbocycles. The lowest BCUT2D eigenvalue weighted by molar-refractivity contribution is -0.119. The van der Waals surface area contributed by atoms with Crippen LogP contribution in [0.1, 0.15) is 66.8 Å². The number of para-hydroxylation sites is 1. The van der Waals surface area contributed by atoms with Crippen LogP contribution in [0.2, 0.25) is 0 Å². The van der Waals surface area contributed by atoms with Crippen molar-refractivity contribution in [2.45, 2.75) is 77.5 Å². The number of amides is 1. The maximum atomic E-state index is 13.2. The number of carbonyl (C=O) groups is 1. The Hall–Kier alpha value is -1.82. The van der Waals surface area contributed by atoms with E-state index in [4.69, 9.17) is 4.98 Å². The molecule has 28 heavy (non-hydrogen) atoms. The molecule has 1 unspecified atom stereocenters. The molecule has 1 N–H and O–H groups in total. The molecule has 154 valence electrons. The average molecular weight is 404 g/mol. The van der Waals surface area contributed by atoms with Gasteiger partial charge in [0.05, 0.1) is 16.7 Å². The zero-order chi connectivity index (χ0) is 20.9. The third-order valence-electron chi connectivity index (χ3n) is 4.47. The zero-order valence-electron chi connectivity index (χ0n) is 17.9. The van der Waals surface area contributed by atoms with Crippen molar-refractivity contribution in [3.05, 3.63) is 34.6 Å². The molecule has 6 heteroatoms. The number of carbonyl (C=O) groups excluding carboxylic acids is 1. The van der Waals surface area contributed by atoms with Crippen molar-refractivity contribution in [2.75, 3.05) is 5.75 Å². The number of hydrogen-bond acceptors (Lipinski definition) is 4. The lowest BCUT2D eigenvalue weighted by Gasteiger charge is -2.22. The van der Waals surface area contributed by atoms with Gasteiger partial charge in [0.1, 0.15) is 0 Å². The number of hydrogen-bond donors (Lipinski definition) is 1. The normalized spacial score (nSPS) is 13.1. The second kappa shape index (κ2) is 9.59. The molecule has 0 spiro atoms. The number of nitrogens with zero attached hydrogens (tertiary/aromatic N) is 2. The Kier molecular flexibility index (Phi) is 7.70. The van der Waals surface area contributed by atoms with Crippen LogP contribution in [0.3, 0.4) is 0 Å². The van der Waals surface area contributed by atoms with Gasteiger partial charge in [-0.3, -0.25) is 14.2 Å². The van der Waals surface area contributed by atoms with Crippen molar-refractivity contribution in [3.8, 4) is 0 Å². The van der Waals surface area contributed by atoms with E-state index in [1.165, 1.54) is 11.8 Å². The van der Waals surface area contributed by atoms with E-state index in [9.17, 15) is 9.59 Å². The van der Waals surface area contributed by atoms with Crippen molar-refractivity contribution in [1.82, 2.24) is 14.9 Å². The topological polar surface area (TPSA) is 64.0 Å². The third-order valence-corrected chi connectivity index (χ3v) is 5.42. The SMILES string of the molecule is CC(C)CCCC(C)n1c(SCC(=O)NC(C)(C)C)nc2ccccc2c1=O. The van der Waals surface area contributed by atoms with Crippen molar-refractivity contribution >= 4 is 28.6 Å². The van der Waals surface area contributed by atoms with Gasteiger partial charge in [-0.25, -0.2) is 4.98 Å². The first-order valence-corrected chi connectivity index (χ1v) is 11.0. The van der Waals surface area contributed by atoms with Crippen molar-refractivity contribution in [1.29, 1.82) is 0 Å². The highest BCUT2D eigenvalue weighted by atomic mass is 32.2. The Labute approximate surface area is 172 Å². The highest BCUT2D eigenvalue weighted by Crippen LogP contribution is 2.24. The molecule has 0 radical (unpaired) electrons. The Morgan fingerprint density at radius 3 is 2.50 bits per heavy atom. The predicted octanol–water partition coefficient (Wildman–Crippen LogP) is 4.79. The van der Waals surface area contributed by atoms with Crippen LogP contribution < -0.4 is 10.9 Å². The van der Waals surface area contributed by atoms with Gasteiger partial charge in [0.2, 0.25) is 5.91 Å². The minimum absolute atomic E-state index is 0.0265. The Morgan fingerprint density at radius 2 is 1.86 bits per heavy atom. The molecule has 1 aromatic heterocycles. The second-order valence-electron chi connectivity index (χ2n) is 8.85. The summed E-state index contributed by atoms with van der Waals surface area (Å²) in [5.41, 5.74) is 0.372. The zero-order valence-corrected chi connectivity index (χ0v) is 18.7. The highest BCUT2D eigenvalue weighted by Gasteiger charge is 2.19. The summed E-state index contributed by atoms with van der Waals surface area (Å²) < 4.78 is 1.78. The van der Waals surface area contributed by atoms with E-state index in [1.54, 1.807) is 4.57 Å². The summed E-state index contributed by atoms with van der Waals surface area (Å²) in [6.07, 6.45) is 3.11. The maximum Gasteiger partial charge on any atom is 0.262 e. The van der Waals surface area contributed by atoms with Gasteiger partial charge < -0.3 is 5.32 Å². The first-order chi connectivity index (χ1) is 13.1. The average Bonchev–Trinajstić information content (AvgIpc) is 2.58. The molecule has 1 atom stereocenters. The van der Waals surface area contributed by atoms with Gasteiger partial charge in [-0.2, -0.15) is 0 Å². The van der Waals surface area contributed by atoms with Crippen LogP contribution in [-0.2, 0) is 4.79 Å². The molecule has 1 aromatic carbocycles. The van der Waals surface area contributed by atoms with Crippen LogP contribution >= 0.6 is 11.8 Å². The summed E-state index contributed by atoms with van der Waals surface area (Å²) in [4.78, 5) is 30.1. The van der Waals surface area contributed by atoms with E-state index < -0.39 is 0 Å². The van der Waals surface area contributed by atoms with Crippen LogP contribution in [0.5, 0.6) is 0 Å². The summed E-state index contributed by atoms with van der Waals surface area (Å²) in [5, 5.41) is 4.20. The Balaban J connectivity index is 2.31.